The Morgan fingerprint density at radius 1 is 0.914 bits per heavy atom. The molecule has 3 N–H and O–H groups in total. The molecule has 35 heavy (non-hydrogen) atoms. The van der Waals surface area contributed by atoms with Gasteiger partial charge in [-0.1, -0.05) is 29.8 Å². The highest BCUT2D eigenvalue weighted by molar-refractivity contribution is 7.90. The largest absolute Gasteiger partial charge is 0.366 e. The molecule has 0 radical (unpaired) electrons. The molecule has 0 atom stereocenters. The first-order valence-electron chi connectivity index (χ1n) is 10.4. The van der Waals surface area contributed by atoms with Crippen LogP contribution in [0.2, 0.25) is 5.02 Å². The van der Waals surface area contributed by atoms with E-state index >= 15 is 0 Å². The summed E-state index contributed by atoms with van der Waals surface area (Å²) >= 11 is 6.34. The number of sulfone groups is 1. The summed E-state index contributed by atoms with van der Waals surface area (Å²) in [6.07, 6.45) is 2.73. The highest BCUT2D eigenvalue weighted by Gasteiger charge is 2.18. The van der Waals surface area contributed by atoms with E-state index in [2.05, 4.69) is 10.3 Å². The number of rotatable bonds is 6. The number of carbonyl (C=O) groups is 2. The molecule has 4 aromatic rings. The van der Waals surface area contributed by atoms with Crippen molar-refractivity contribution in [2.45, 2.75) is 4.90 Å². The number of anilines is 1. The molecule has 176 valence electrons. The van der Waals surface area contributed by atoms with E-state index in [9.17, 15) is 18.0 Å². The average molecular weight is 506 g/mol. The first-order chi connectivity index (χ1) is 16.6. The summed E-state index contributed by atoms with van der Waals surface area (Å²) in [6, 6.07) is 21.0. The van der Waals surface area contributed by atoms with E-state index < -0.39 is 21.7 Å². The maximum Gasteiger partial charge on any atom is 0.256 e. The fourth-order valence-corrected chi connectivity index (χ4v) is 4.41. The number of nitrogens with one attached hydrogen (secondary N) is 1. The predicted molar refractivity (Wildman–Crippen MR) is 136 cm³/mol. The third-order valence-electron chi connectivity index (χ3n) is 5.29. The number of hydrogen-bond acceptors (Lipinski definition) is 5. The Balaban J connectivity index is 1.77. The number of primary amides is 1. The van der Waals surface area contributed by atoms with Crippen molar-refractivity contribution in [1.82, 2.24) is 4.98 Å². The molecule has 0 saturated carbocycles. The van der Waals surface area contributed by atoms with Gasteiger partial charge in [0.1, 0.15) is 0 Å². The van der Waals surface area contributed by atoms with Crippen molar-refractivity contribution in [2.24, 2.45) is 5.73 Å². The lowest BCUT2D eigenvalue weighted by Crippen LogP contribution is -2.14. The summed E-state index contributed by atoms with van der Waals surface area (Å²) < 4.78 is 24.3. The minimum absolute atomic E-state index is 0.0393. The fraction of sp³-hybridized carbons (Fsp3) is 0.0385. The Hall–Kier alpha value is -4.01. The highest BCUT2D eigenvalue weighted by Crippen LogP contribution is 2.31. The van der Waals surface area contributed by atoms with E-state index in [1.54, 1.807) is 54.7 Å². The van der Waals surface area contributed by atoms with E-state index in [1.165, 1.54) is 24.3 Å². The number of carbonyl (C=O) groups excluding carboxylic acids is 2. The van der Waals surface area contributed by atoms with Crippen molar-refractivity contribution in [2.75, 3.05) is 11.6 Å². The topological polar surface area (TPSA) is 119 Å². The Morgan fingerprint density at radius 3 is 2.40 bits per heavy atom. The molecule has 1 aromatic heterocycles. The lowest BCUT2D eigenvalue weighted by atomic mass is 9.97. The molecule has 3 aromatic carbocycles. The number of amides is 2. The molecule has 0 saturated heterocycles. The van der Waals surface area contributed by atoms with E-state index in [-0.39, 0.29) is 16.0 Å². The molecule has 0 unspecified atom stereocenters. The molecule has 0 aliphatic heterocycles. The molecule has 0 bridgehead atoms. The van der Waals surface area contributed by atoms with Gasteiger partial charge in [-0.2, -0.15) is 0 Å². The molecule has 7 nitrogen and oxygen atoms in total. The van der Waals surface area contributed by atoms with Gasteiger partial charge >= 0.3 is 0 Å². The van der Waals surface area contributed by atoms with Crippen LogP contribution in [0, 0.1) is 0 Å². The Kier molecular flexibility index (Phi) is 6.68. The van der Waals surface area contributed by atoms with Gasteiger partial charge in [0.2, 0.25) is 5.91 Å². The summed E-state index contributed by atoms with van der Waals surface area (Å²) in [4.78, 5) is 29.3. The molecule has 0 aliphatic rings. The van der Waals surface area contributed by atoms with Crippen LogP contribution in [-0.2, 0) is 9.84 Å². The van der Waals surface area contributed by atoms with Gasteiger partial charge in [-0.15, -0.1) is 0 Å². The van der Waals surface area contributed by atoms with Crippen molar-refractivity contribution in [3.63, 3.8) is 0 Å². The van der Waals surface area contributed by atoms with Crippen LogP contribution < -0.4 is 11.1 Å². The Labute approximate surface area is 207 Å². The van der Waals surface area contributed by atoms with Crippen molar-refractivity contribution < 1.29 is 18.0 Å². The van der Waals surface area contributed by atoms with Gasteiger partial charge in [0.25, 0.3) is 5.91 Å². The third kappa shape index (κ3) is 5.40. The van der Waals surface area contributed by atoms with Gasteiger partial charge in [0.15, 0.2) is 9.84 Å². The van der Waals surface area contributed by atoms with Crippen LogP contribution in [0.25, 0.3) is 22.4 Å². The zero-order valence-corrected chi connectivity index (χ0v) is 20.1. The van der Waals surface area contributed by atoms with Gasteiger partial charge < -0.3 is 11.1 Å². The number of aromatic nitrogens is 1. The second kappa shape index (κ2) is 9.69. The smallest absolute Gasteiger partial charge is 0.256 e. The van der Waals surface area contributed by atoms with Crippen LogP contribution in [0.1, 0.15) is 20.7 Å². The minimum atomic E-state index is -3.55. The van der Waals surface area contributed by atoms with Gasteiger partial charge in [0.05, 0.1) is 15.6 Å². The number of nitrogens with zero attached hydrogens (tertiary/aromatic N) is 1. The van der Waals surface area contributed by atoms with Crippen molar-refractivity contribution in [3.05, 3.63) is 101 Å². The Bertz CT molecular complexity index is 1550. The molecule has 4 rings (SSSR count). The summed E-state index contributed by atoms with van der Waals surface area (Å²) in [5, 5.41) is 3.31. The summed E-state index contributed by atoms with van der Waals surface area (Å²) in [6.45, 7) is 0. The van der Waals surface area contributed by atoms with Crippen LogP contribution >= 0.6 is 11.6 Å². The van der Waals surface area contributed by atoms with Gasteiger partial charge in [-0.05, 0) is 71.8 Å². The van der Waals surface area contributed by atoms with E-state index in [0.29, 0.717) is 33.1 Å². The molecule has 1 heterocycles. The molecule has 9 heteroatoms. The molecule has 2 amide bonds. The molecule has 0 fully saturated rings. The molecule has 0 spiro atoms. The Morgan fingerprint density at radius 2 is 1.71 bits per heavy atom. The van der Waals surface area contributed by atoms with Crippen LogP contribution in [-0.4, -0.2) is 31.5 Å². The molecule has 0 aliphatic carbocycles. The average Bonchev–Trinajstić information content (AvgIpc) is 2.85. The van der Waals surface area contributed by atoms with Gasteiger partial charge in [-0.3, -0.25) is 14.6 Å². The maximum absolute atomic E-state index is 13.3. The minimum Gasteiger partial charge on any atom is -0.366 e. The zero-order chi connectivity index (χ0) is 25.2. The van der Waals surface area contributed by atoms with Gasteiger partial charge in [0, 0.05) is 34.8 Å². The number of pyridine rings is 1. The number of hydrogen-bond donors (Lipinski definition) is 2. The standard InChI is InChI=1S/C26H20ClN3O4S/c1-35(33,34)19-9-10-20(21(15-19)16-5-4-6-17(13-16)25(28)31)26(32)30-18-8-11-23(27)22(14-18)24-7-2-3-12-29-24/h2-15H,1H3,(H2,28,31)(H,30,32). The third-order valence-corrected chi connectivity index (χ3v) is 6.73. The SMILES string of the molecule is CS(=O)(=O)c1ccc(C(=O)Nc2ccc(Cl)c(-c3ccccn3)c2)c(-c2cccc(C(N)=O)c2)c1. The number of benzene rings is 3. The second-order valence-corrected chi connectivity index (χ2v) is 10.2. The first-order valence-corrected chi connectivity index (χ1v) is 12.7. The van der Waals surface area contributed by atoms with Crippen LogP contribution in [0.4, 0.5) is 5.69 Å². The molecular weight excluding hydrogens is 486 g/mol. The molecular formula is C26H20ClN3O4S. The van der Waals surface area contributed by atoms with E-state index in [1.807, 2.05) is 6.07 Å². The quantitative estimate of drug-likeness (QED) is 0.389. The van der Waals surface area contributed by atoms with Gasteiger partial charge in [-0.25, -0.2) is 8.42 Å². The number of nitrogens with two attached hydrogens (primary N) is 1. The van der Waals surface area contributed by atoms with Crippen molar-refractivity contribution >= 4 is 38.9 Å². The van der Waals surface area contributed by atoms with Crippen LogP contribution in [0.3, 0.4) is 0 Å². The second-order valence-electron chi connectivity index (χ2n) is 7.79. The number of halogens is 1. The van der Waals surface area contributed by atoms with Crippen molar-refractivity contribution in [1.29, 1.82) is 0 Å². The summed E-state index contributed by atoms with van der Waals surface area (Å²) in [7, 11) is -3.55. The zero-order valence-electron chi connectivity index (χ0n) is 18.5. The van der Waals surface area contributed by atoms with E-state index in [4.69, 9.17) is 17.3 Å². The first kappa shape index (κ1) is 24.1. The van der Waals surface area contributed by atoms with Crippen LogP contribution in [0.5, 0.6) is 0 Å². The highest BCUT2D eigenvalue weighted by atomic mass is 35.5. The lowest BCUT2D eigenvalue weighted by molar-refractivity contribution is 0.0998. The predicted octanol–water partition coefficient (Wildman–Crippen LogP) is 4.82. The fourth-order valence-electron chi connectivity index (χ4n) is 3.55. The monoisotopic (exact) mass is 505 g/mol. The van der Waals surface area contributed by atoms with Crippen LogP contribution in [0.15, 0.2) is 90.0 Å². The van der Waals surface area contributed by atoms with E-state index in [0.717, 1.165) is 6.26 Å². The maximum atomic E-state index is 13.3. The van der Waals surface area contributed by atoms with Crippen molar-refractivity contribution in [3.8, 4) is 22.4 Å². The lowest BCUT2D eigenvalue weighted by Gasteiger charge is -2.14. The normalized spacial score (nSPS) is 11.1. The summed E-state index contributed by atoms with van der Waals surface area (Å²) in [5.74, 6) is -1.11. The summed E-state index contributed by atoms with van der Waals surface area (Å²) in [5.41, 5.74) is 8.44.